The van der Waals surface area contributed by atoms with Crippen molar-refractivity contribution in [3.8, 4) is 5.75 Å². The van der Waals surface area contributed by atoms with Crippen LogP contribution in [0.25, 0.3) is 12.2 Å². The lowest BCUT2D eigenvalue weighted by molar-refractivity contribution is 0.244. The quantitative estimate of drug-likeness (QED) is 0.665. The average Bonchev–Trinajstić information content (AvgIpc) is 2.59. The standard InChI is InChI=1S/C21H20O4/c22-14-5-1-12-3-7-20(24)18(16(12)9-14)11-19-17-10-15(23)6-2-13(17)4-8-21(19)25/h1-5,7-10,12,15-16,22-25H,6,11H2. The van der Waals surface area contributed by atoms with E-state index < -0.39 is 6.10 Å². The fourth-order valence-electron chi connectivity index (χ4n) is 3.82. The van der Waals surface area contributed by atoms with Crippen molar-refractivity contribution in [1.29, 1.82) is 0 Å². The molecule has 0 aromatic heterocycles. The SMILES string of the molecule is OC1=CC2C(Cc3c(O)ccc4c3=CC(O)CC=4)=C(O)C=CC2C=C1. The van der Waals surface area contributed by atoms with Crippen LogP contribution in [0.15, 0.2) is 59.6 Å². The summed E-state index contributed by atoms with van der Waals surface area (Å²) in [4.78, 5) is 0. The van der Waals surface area contributed by atoms with Gasteiger partial charge in [-0.15, -0.1) is 0 Å². The summed E-state index contributed by atoms with van der Waals surface area (Å²) >= 11 is 0. The summed E-state index contributed by atoms with van der Waals surface area (Å²) in [6, 6.07) is 3.49. The normalized spacial score (nSPS) is 27.1. The van der Waals surface area contributed by atoms with Crippen LogP contribution in [0.4, 0.5) is 0 Å². The molecule has 3 atom stereocenters. The highest BCUT2D eigenvalue weighted by Crippen LogP contribution is 2.37. The van der Waals surface area contributed by atoms with Crippen molar-refractivity contribution >= 4 is 12.2 Å². The van der Waals surface area contributed by atoms with E-state index in [0.29, 0.717) is 18.4 Å². The summed E-state index contributed by atoms with van der Waals surface area (Å²) < 4.78 is 0. The molecule has 0 radical (unpaired) electrons. The molecule has 3 aliphatic rings. The van der Waals surface area contributed by atoms with E-state index in [2.05, 4.69) is 0 Å². The summed E-state index contributed by atoms with van der Waals surface area (Å²) in [5.74, 6) is 0.408. The first-order chi connectivity index (χ1) is 12.0. The van der Waals surface area contributed by atoms with E-state index in [4.69, 9.17) is 0 Å². The third-order valence-corrected chi connectivity index (χ3v) is 5.13. The van der Waals surface area contributed by atoms with Crippen LogP contribution in [0.1, 0.15) is 12.0 Å². The Kier molecular flexibility index (Phi) is 3.77. The molecule has 4 N–H and O–H groups in total. The van der Waals surface area contributed by atoms with Crippen molar-refractivity contribution in [2.24, 2.45) is 11.8 Å². The van der Waals surface area contributed by atoms with Crippen molar-refractivity contribution in [2.75, 3.05) is 0 Å². The van der Waals surface area contributed by atoms with Gasteiger partial charge in [-0.3, -0.25) is 0 Å². The second kappa shape index (κ2) is 5.97. The largest absolute Gasteiger partial charge is 0.508 e. The van der Waals surface area contributed by atoms with Crippen molar-refractivity contribution in [1.82, 2.24) is 0 Å². The van der Waals surface area contributed by atoms with Crippen molar-refractivity contribution in [3.05, 3.63) is 75.6 Å². The molecule has 1 aromatic rings. The van der Waals surface area contributed by atoms with Gasteiger partial charge in [0, 0.05) is 23.8 Å². The van der Waals surface area contributed by atoms with E-state index >= 15 is 0 Å². The zero-order valence-electron chi connectivity index (χ0n) is 13.6. The lowest BCUT2D eigenvalue weighted by Gasteiger charge is -2.29. The molecule has 4 heteroatoms. The molecule has 0 amide bonds. The summed E-state index contributed by atoms with van der Waals surface area (Å²) in [6.07, 6.45) is 12.9. The monoisotopic (exact) mass is 336 g/mol. The Morgan fingerprint density at radius 1 is 1.00 bits per heavy atom. The summed E-state index contributed by atoms with van der Waals surface area (Å²) in [5, 5.41) is 42.4. The number of aliphatic hydroxyl groups excluding tert-OH is 3. The van der Waals surface area contributed by atoms with E-state index in [1.165, 1.54) is 0 Å². The van der Waals surface area contributed by atoms with Gasteiger partial charge in [0.2, 0.25) is 0 Å². The van der Waals surface area contributed by atoms with Crippen molar-refractivity contribution in [2.45, 2.75) is 18.9 Å². The van der Waals surface area contributed by atoms with Crippen LogP contribution in [0.3, 0.4) is 0 Å². The number of hydrogen-bond acceptors (Lipinski definition) is 4. The molecule has 3 aliphatic carbocycles. The molecule has 0 fully saturated rings. The average molecular weight is 336 g/mol. The van der Waals surface area contributed by atoms with E-state index in [0.717, 1.165) is 16.0 Å². The second-order valence-electron chi connectivity index (χ2n) is 6.74. The molecule has 25 heavy (non-hydrogen) atoms. The van der Waals surface area contributed by atoms with E-state index in [1.807, 2.05) is 24.3 Å². The first kappa shape index (κ1) is 15.8. The third kappa shape index (κ3) is 2.79. The number of hydrogen-bond donors (Lipinski definition) is 4. The minimum Gasteiger partial charge on any atom is -0.508 e. The highest BCUT2D eigenvalue weighted by molar-refractivity contribution is 5.51. The lowest BCUT2D eigenvalue weighted by atomic mass is 9.76. The molecule has 1 aromatic carbocycles. The number of phenols is 1. The predicted molar refractivity (Wildman–Crippen MR) is 96.2 cm³/mol. The fourth-order valence-corrected chi connectivity index (χ4v) is 3.82. The van der Waals surface area contributed by atoms with Crippen molar-refractivity contribution < 1.29 is 20.4 Å². The van der Waals surface area contributed by atoms with E-state index in [-0.39, 0.29) is 29.1 Å². The van der Waals surface area contributed by atoms with Gasteiger partial charge in [-0.2, -0.15) is 0 Å². The molecular formula is C21H20O4. The zero-order chi connectivity index (χ0) is 17.6. The molecular weight excluding hydrogens is 316 g/mol. The topological polar surface area (TPSA) is 80.9 Å². The molecule has 128 valence electrons. The number of aliphatic hydroxyl groups is 3. The van der Waals surface area contributed by atoms with Crippen LogP contribution in [0, 0.1) is 11.8 Å². The zero-order valence-corrected chi connectivity index (χ0v) is 13.6. The van der Waals surface area contributed by atoms with Crippen LogP contribution in [-0.2, 0) is 6.42 Å². The number of phenolic OH excluding ortho intramolecular Hbond substituents is 1. The second-order valence-corrected chi connectivity index (χ2v) is 6.74. The maximum atomic E-state index is 10.4. The number of benzene rings is 1. The maximum Gasteiger partial charge on any atom is 0.119 e. The first-order valence-electron chi connectivity index (χ1n) is 8.43. The van der Waals surface area contributed by atoms with Gasteiger partial charge in [-0.25, -0.2) is 0 Å². The Hall–Kier alpha value is -2.72. The molecule has 0 spiro atoms. The van der Waals surface area contributed by atoms with Crippen LogP contribution in [-0.4, -0.2) is 26.5 Å². The fraction of sp³-hybridized carbons (Fsp3) is 0.238. The highest BCUT2D eigenvalue weighted by atomic mass is 16.3. The van der Waals surface area contributed by atoms with Crippen LogP contribution in [0.5, 0.6) is 5.75 Å². The molecule has 0 saturated carbocycles. The van der Waals surface area contributed by atoms with Crippen LogP contribution < -0.4 is 10.4 Å². The van der Waals surface area contributed by atoms with Gasteiger partial charge in [0.1, 0.15) is 17.3 Å². The molecule has 3 unspecified atom stereocenters. The minimum absolute atomic E-state index is 0.0737. The van der Waals surface area contributed by atoms with Crippen LogP contribution >= 0.6 is 0 Å². The predicted octanol–water partition coefficient (Wildman–Crippen LogP) is 1.89. The Labute approximate surface area is 145 Å². The van der Waals surface area contributed by atoms with E-state index in [1.54, 1.807) is 30.4 Å². The first-order valence-corrected chi connectivity index (χ1v) is 8.43. The lowest BCUT2D eigenvalue weighted by Crippen LogP contribution is -2.34. The molecule has 4 rings (SSSR count). The Balaban J connectivity index is 1.82. The number of rotatable bonds is 2. The Bertz CT molecular complexity index is 962. The maximum absolute atomic E-state index is 10.4. The Morgan fingerprint density at radius 2 is 1.80 bits per heavy atom. The third-order valence-electron chi connectivity index (χ3n) is 5.13. The number of fused-ring (bicyclic) bond motifs is 2. The van der Waals surface area contributed by atoms with Gasteiger partial charge in [-0.1, -0.05) is 24.3 Å². The van der Waals surface area contributed by atoms with Crippen molar-refractivity contribution in [3.63, 3.8) is 0 Å². The molecule has 0 saturated heterocycles. The molecule has 0 heterocycles. The van der Waals surface area contributed by atoms with Gasteiger partial charge < -0.3 is 20.4 Å². The molecule has 0 aliphatic heterocycles. The minimum atomic E-state index is -0.573. The summed E-state index contributed by atoms with van der Waals surface area (Å²) in [7, 11) is 0. The number of aromatic hydroxyl groups is 1. The smallest absolute Gasteiger partial charge is 0.119 e. The summed E-state index contributed by atoms with van der Waals surface area (Å²) in [6.45, 7) is 0. The van der Waals surface area contributed by atoms with Gasteiger partial charge in [-0.05, 0) is 52.8 Å². The highest BCUT2D eigenvalue weighted by Gasteiger charge is 2.29. The van der Waals surface area contributed by atoms with Gasteiger partial charge >= 0.3 is 0 Å². The Morgan fingerprint density at radius 3 is 2.64 bits per heavy atom. The van der Waals surface area contributed by atoms with Gasteiger partial charge in [0.25, 0.3) is 0 Å². The van der Waals surface area contributed by atoms with Gasteiger partial charge in [0.05, 0.1) is 6.10 Å². The van der Waals surface area contributed by atoms with Gasteiger partial charge in [0.15, 0.2) is 0 Å². The van der Waals surface area contributed by atoms with Crippen LogP contribution in [0.2, 0.25) is 0 Å². The molecule has 4 nitrogen and oxygen atoms in total. The van der Waals surface area contributed by atoms with E-state index in [9.17, 15) is 20.4 Å². The molecule has 0 bridgehead atoms. The number of allylic oxidation sites excluding steroid dienone is 6. The summed E-state index contributed by atoms with van der Waals surface area (Å²) in [5.41, 5.74) is 1.44.